The summed E-state index contributed by atoms with van der Waals surface area (Å²) in [5.74, 6) is -1.44. The lowest BCUT2D eigenvalue weighted by Gasteiger charge is -2.32. The van der Waals surface area contributed by atoms with Gasteiger partial charge < -0.3 is 10.2 Å². The zero-order valence-corrected chi connectivity index (χ0v) is 21.7. The number of rotatable bonds is 10. The minimum absolute atomic E-state index is 0.0207. The predicted octanol–water partition coefficient (Wildman–Crippen LogP) is 4.23. The van der Waals surface area contributed by atoms with Crippen LogP contribution >= 0.6 is 23.2 Å². The lowest BCUT2D eigenvalue weighted by Crippen LogP contribution is -2.52. The molecule has 2 aromatic rings. The van der Waals surface area contributed by atoms with Crippen LogP contribution in [-0.2, 0) is 26.2 Å². The number of hydrogen-bond donors (Lipinski definition) is 1. The summed E-state index contributed by atoms with van der Waals surface area (Å²) >= 11 is 12.0. The quantitative estimate of drug-likeness (QED) is 0.496. The van der Waals surface area contributed by atoms with E-state index in [1.807, 2.05) is 13.8 Å². The van der Waals surface area contributed by atoms with E-state index in [1.54, 1.807) is 6.92 Å². The van der Waals surface area contributed by atoms with Gasteiger partial charge in [0.15, 0.2) is 0 Å². The summed E-state index contributed by atoms with van der Waals surface area (Å²) in [5.41, 5.74) is 0.738. The largest absolute Gasteiger partial charge is 0.352 e. The Morgan fingerprint density at radius 1 is 1.06 bits per heavy atom. The molecule has 1 N–H and O–H groups in total. The number of sulfonamides is 1. The molecule has 0 fully saturated rings. The molecule has 2 rings (SSSR count). The molecule has 34 heavy (non-hydrogen) atoms. The number of carbonyl (C=O) groups excluding carboxylic acids is 2. The minimum Gasteiger partial charge on any atom is -0.352 e. The monoisotopic (exact) mass is 531 g/mol. The van der Waals surface area contributed by atoms with Crippen molar-refractivity contribution in [3.63, 3.8) is 0 Å². The number of nitrogens with one attached hydrogen (secondary N) is 1. The van der Waals surface area contributed by atoms with Gasteiger partial charge in [0.25, 0.3) is 0 Å². The molecule has 0 spiro atoms. The van der Waals surface area contributed by atoms with Crippen LogP contribution in [0, 0.1) is 5.82 Å². The van der Waals surface area contributed by atoms with Gasteiger partial charge in [0.1, 0.15) is 18.4 Å². The van der Waals surface area contributed by atoms with Crippen molar-refractivity contribution < 1.29 is 22.4 Å². The molecule has 7 nitrogen and oxygen atoms in total. The zero-order valence-electron chi connectivity index (χ0n) is 19.4. The molecular formula is C23H28Cl2FN3O4S. The number of carbonyl (C=O) groups is 2. The van der Waals surface area contributed by atoms with Gasteiger partial charge in [-0.25, -0.2) is 12.8 Å². The fourth-order valence-electron chi connectivity index (χ4n) is 3.09. The predicted molar refractivity (Wildman–Crippen MR) is 133 cm³/mol. The van der Waals surface area contributed by atoms with E-state index >= 15 is 0 Å². The first-order valence-corrected chi connectivity index (χ1v) is 13.2. The molecule has 0 aromatic heterocycles. The second-order valence-corrected chi connectivity index (χ2v) is 10.7. The van der Waals surface area contributed by atoms with E-state index in [0.717, 1.165) is 10.6 Å². The topological polar surface area (TPSA) is 86.8 Å². The summed E-state index contributed by atoms with van der Waals surface area (Å²) in [5, 5.41) is 3.20. The third-order valence-electron chi connectivity index (χ3n) is 5.30. The van der Waals surface area contributed by atoms with Crippen LogP contribution in [0.25, 0.3) is 0 Å². The molecule has 2 unspecified atom stereocenters. The summed E-state index contributed by atoms with van der Waals surface area (Å²) in [4.78, 5) is 27.5. The maximum Gasteiger partial charge on any atom is 0.244 e. The lowest BCUT2D eigenvalue weighted by molar-refractivity contribution is -0.139. The molecule has 2 amide bonds. The Balaban J connectivity index is 2.39. The maximum absolute atomic E-state index is 13.4. The Kier molecular flexibility index (Phi) is 9.73. The fraction of sp³-hybridized carbons (Fsp3) is 0.391. The molecule has 0 aliphatic heterocycles. The minimum atomic E-state index is -3.89. The van der Waals surface area contributed by atoms with Gasteiger partial charge in [-0.1, -0.05) is 42.3 Å². The molecule has 0 heterocycles. The molecular weight excluding hydrogens is 504 g/mol. The van der Waals surface area contributed by atoms with Crippen LogP contribution in [0.5, 0.6) is 0 Å². The van der Waals surface area contributed by atoms with Crippen molar-refractivity contribution in [2.24, 2.45) is 0 Å². The van der Waals surface area contributed by atoms with Gasteiger partial charge in [-0.15, -0.1) is 0 Å². The molecule has 2 atom stereocenters. The van der Waals surface area contributed by atoms with Gasteiger partial charge in [-0.05, 0) is 56.2 Å². The normalized spacial score (nSPS) is 13.1. The number of benzene rings is 2. The number of anilines is 1. The fourth-order valence-corrected chi connectivity index (χ4v) is 4.22. The number of halogens is 3. The van der Waals surface area contributed by atoms with Crippen molar-refractivity contribution in [3.05, 3.63) is 63.9 Å². The first-order chi connectivity index (χ1) is 15.8. The van der Waals surface area contributed by atoms with Crippen molar-refractivity contribution in [2.75, 3.05) is 17.1 Å². The van der Waals surface area contributed by atoms with Crippen molar-refractivity contribution >= 4 is 50.7 Å². The maximum atomic E-state index is 13.4. The summed E-state index contributed by atoms with van der Waals surface area (Å²) in [6.45, 7) is 4.72. The summed E-state index contributed by atoms with van der Waals surface area (Å²) < 4.78 is 39.3. The second kappa shape index (κ2) is 11.9. The van der Waals surface area contributed by atoms with E-state index in [0.29, 0.717) is 12.0 Å². The Morgan fingerprint density at radius 2 is 1.68 bits per heavy atom. The van der Waals surface area contributed by atoms with Crippen LogP contribution in [0.2, 0.25) is 10.0 Å². The first kappa shape index (κ1) is 27.9. The van der Waals surface area contributed by atoms with Crippen molar-refractivity contribution in [3.8, 4) is 0 Å². The highest BCUT2D eigenvalue weighted by Crippen LogP contribution is 2.28. The van der Waals surface area contributed by atoms with Crippen LogP contribution in [0.4, 0.5) is 10.1 Å². The van der Waals surface area contributed by atoms with Crippen LogP contribution < -0.4 is 9.62 Å². The van der Waals surface area contributed by atoms with Gasteiger partial charge in [0.05, 0.1) is 22.0 Å². The molecule has 2 aromatic carbocycles. The highest BCUT2D eigenvalue weighted by molar-refractivity contribution is 7.92. The molecule has 0 saturated heterocycles. The molecule has 0 saturated carbocycles. The van der Waals surface area contributed by atoms with Gasteiger partial charge in [0.2, 0.25) is 21.8 Å². The van der Waals surface area contributed by atoms with Gasteiger partial charge in [-0.2, -0.15) is 0 Å². The molecule has 0 bridgehead atoms. The van der Waals surface area contributed by atoms with Crippen molar-refractivity contribution in [1.82, 2.24) is 10.2 Å². The molecule has 0 aliphatic carbocycles. The summed E-state index contributed by atoms with van der Waals surface area (Å²) in [6, 6.07) is 8.70. The highest BCUT2D eigenvalue weighted by Gasteiger charge is 2.30. The second-order valence-electron chi connectivity index (χ2n) is 8.01. The van der Waals surface area contributed by atoms with Crippen molar-refractivity contribution in [2.45, 2.75) is 45.8 Å². The molecule has 186 valence electrons. The lowest BCUT2D eigenvalue weighted by atomic mass is 10.1. The van der Waals surface area contributed by atoms with E-state index in [9.17, 15) is 22.4 Å². The van der Waals surface area contributed by atoms with E-state index < -0.39 is 34.3 Å². The van der Waals surface area contributed by atoms with Crippen LogP contribution in [-0.4, -0.2) is 50.0 Å². The third kappa shape index (κ3) is 7.58. The average Bonchev–Trinajstić information content (AvgIpc) is 2.77. The van der Waals surface area contributed by atoms with Crippen LogP contribution in [0.3, 0.4) is 0 Å². The van der Waals surface area contributed by atoms with Crippen LogP contribution in [0.1, 0.15) is 32.8 Å². The van der Waals surface area contributed by atoms with Crippen molar-refractivity contribution in [1.29, 1.82) is 0 Å². The Bertz CT molecular complexity index is 1130. The van der Waals surface area contributed by atoms with E-state index in [4.69, 9.17) is 23.2 Å². The summed E-state index contributed by atoms with van der Waals surface area (Å²) in [6.07, 6.45) is 1.66. The Labute approximate surface area is 209 Å². The smallest absolute Gasteiger partial charge is 0.244 e. The molecule has 0 aliphatic rings. The van der Waals surface area contributed by atoms with Crippen LogP contribution in [0.15, 0.2) is 42.5 Å². The molecule has 0 radical (unpaired) electrons. The number of nitrogens with zero attached hydrogens (tertiary/aromatic N) is 2. The Hall–Kier alpha value is -2.36. The highest BCUT2D eigenvalue weighted by atomic mass is 35.5. The summed E-state index contributed by atoms with van der Waals surface area (Å²) in [7, 11) is -3.89. The third-order valence-corrected chi connectivity index (χ3v) is 7.18. The SMILES string of the molecule is CCC(C)NC(=O)C(C)N(Cc1ccc(F)cc1)C(=O)CN(c1ccc(Cl)c(Cl)c1)S(C)(=O)=O. The first-order valence-electron chi connectivity index (χ1n) is 10.6. The average molecular weight is 532 g/mol. The number of hydrogen-bond acceptors (Lipinski definition) is 4. The zero-order chi connectivity index (χ0) is 25.6. The van der Waals surface area contributed by atoms with E-state index in [-0.39, 0.29) is 34.2 Å². The number of amides is 2. The standard InChI is InChI=1S/C23H28Cl2FN3O4S/c1-5-15(2)27-23(31)16(3)28(13-17-6-8-18(26)9-7-17)22(30)14-29(34(4,32)33)19-10-11-20(24)21(25)12-19/h6-12,15-16H,5,13-14H2,1-4H3,(H,27,31). The van der Waals surface area contributed by atoms with E-state index in [2.05, 4.69) is 5.32 Å². The van der Waals surface area contributed by atoms with Gasteiger partial charge in [-0.3, -0.25) is 13.9 Å². The molecule has 11 heteroatoms. The van der Waals surface area contributed by atoms with Gasteiger partial charge >= 0.3 is 0 Å². The Morgan fingerprint density at radius 3 is 2.21 bits per heavy atom. The van der Waals surface area contributed by atoms with Gasteiger partial charge in [0, 0.05) is 12.6 Å². The van der Waals surface area contributed by atoms with E-state index in [1.165, 1.54) is 47.4 Å².